The molecule has 100 valence electrons. The third kappa shape index (κ3) is 3.27. The molecular weight excluding hydrogens is 226 g/mol. The Morgan fingerprint density at radius 2 is 1.94 bits per heavy atom. The van der Waals surface area contributed by atoms with Gasteiger partial charge in [-0.05, 0) is 25.8 Å². The van der Waals surface area contributed by atoms with Gasteiger partial charge in [-0.15, -0.1) is 0 Å². The molecule has 0 aliphatic heterocycles. The quantitative estimate of drug-likeness (QED) is 0.871. The second-order valence-corrected chi connectivity index (χ2v) is 5.03. The van der Waals surface area contributed by atoms with Crippen LogP contribution in [0.4, 0.5) is 0 Å². The number of nitrogens with one attached hydrogen (secondary N) is 1. The number of hydrogen-bond acceptors (Lipinski definition) is 4. The molecule has 4 heteroatoms. The van der Waals surface area contributed by atoms with Gasteiger partial charge in [0.1, 0.15) is 6.10 Å². The molecule has 2 rings (SSSR count). The van der Waals surface area contributed by atoms with E-state index >= 15 is 0 Å². The van der Waals surface area contributed by atoms with Gasteiger partial charge in [-0.3, -0.25) is 0 Å². The fourth-order valence-electron chi connectivity index (χ4n) is 2.75. The smallest absolute Gasteiger partial charge is 0.157 e. The highest BCUT2D eigenvalue weighted by atomic mass is 16.5. The highest BCUT2D eigenvalue weighted by Gasteiger charge is 2.26. The Labute approximate surface area is 109 Å². The number of ether oxygens (including phenoxy) is 1. The third-order valence-corrected chi connectivity index (χ3v) is 3.69. The molecule has 1 atom stereocenters. The zero-order chi connectivity index (χ0) is 12.8. The van der Waals surface area contributed by atoms with Crippen LogP contribution in [0.5, 0.6) is 0 Å². The van der Waals surface area contributed by atoms with Crippen molar-refractivity contribution in [1.29, 1.82) is 0 Å². The van der Waals surface area contributed by atoms with Crippen molar-refractivity contribution in [1.82, 2.24) is 15.3 Å². The largest absolute Gasteiger partial charge is 0.373 e. The van der Waals surface area contributed by atoms with Gasteiger partial charge >= 0.3 is 0 Å². The summed E-state index contributed by atoms with van der Waals surface area (Å²) in [7, 11) is 3.69. The van der Waals surface area contributed by atoms with E-state index in [1.54, 1.807) is 7.11 Å². The summed E-state index contributed by atoms with van der Waals surface area (Å²) in [4.78, 5) is 8.94. The van der Waals surface area contributed by atoms with E-state index in [1.807, 2.05) is 19.4 Å². The van der Waals surface area contributed by atoms with Gasteiger partial charge in [0, 0.05) is 31.6 Å². The molecule has 0 spiro atoms. The minimum absolute atomic E-state index is 0.0638. The average molecular weight is 249 g/mol. The van der Waals surface area contributed by atoms with Crippen LogP contribution in [0.15, 0.2) is 12.4 Å². The van der Waals surface area contributed by atoms with Gasteiger partial charge in [0.2, 0.25) is 0 Å². The van der Waals surface area contributed by atoms with E-state index in [4.69, 9.17) is 4.74 Å². The van der Waals surface area contributed by atoms with Crippen molar-refractivity contribution in [3.8, 4) is 0 Å². The standard InChI is InChI=1S/C14H23N3O/c1-15-8-11-9-16-14(17-10-11)13(18-2)12-6-4-3-5-7-12/h9-10,12-13,15H,3-8H2,1-2H3. The first kappa shape index (κ1) is 13.4. The van der Waals surface area contributed by atoms with Gasteiger partial charge < -0.3 is 10.1 Å². The first-order valence-electron chi connectivity index (χ1n) is 6.83. The van der Waals surface area contributed by atoms with Gasteiger partial charge in [0.05, 0.1) is 0 Å². The second kappa shape index (κ2) is 6.81. The molecule has 1 aliphatic carbocycles. The first-order chi connectivity index (χ1) is 8.85. The van der Waals surface area contributed by atoms with E-state index in [-0.39, 0.29) is 6.10 Å². The van der Waals surface area contributed by atoms with E-state index in [0.717, 1.165) is 17.9 Å². The molecule has 0 amide bonds. The van der Waals surface area contributed by atoms with Crippen LogP contribution in [0.1, 0.15) is 49.6 Å². The second-order valence-electron chi connectivity index (χ2n) is 5.03. The van der Waals surface area contributed by atoms with Crippen LogP contribution in [-0.2, 0) is 11.3 Å². The van der Waals surface area contributed by atoms with Crippen molar-refractivity contribution >= 4 is 0 Å². The predicted molar refractivity (Wildman–Crippen MR) is 71.1 cm³/mol. The fraction of sp³-hybridized carbons (Fsp3) is 0.714. The van der Waals surface area contributed by atoms with Crippen LogP contribution >= 0.6 is 0 Å². The van der Waals surface area contributed by atoms with Crippen LogP contribution in [0.3, 0.4) is 0 Å². The summed E-state index contributed by atoms with van der Waals surface area (Å²) >= 11 is 0. The lowest BCUT2D eigenvalue weighted by atomic mass is 9.85. The molecule has 0 saturated heterocycles. The molecule has 0 bridgehead atoms. The molecule has 18 heavy (non-hydrogen) atoms. The molecule has 1 saturated carbocycles. The van der Waals surface area contributed by atoms with Crippen LogP contribution in [0, 0.1) is 5.92 Å². The van der Waals surface area contributed by atoms with Crippen molar-refractivity contribution in [3.05, 3.63) is 23.8 Å². The Morgan fingerprint density at radius 3 is 2.50 bits per heavy atom. The number of nitrogens with zero attached hydrogens (tertiary/aromatic N) is 2. The molecule has 0 aromatic carbocycles. The number of hydrogen-bond donors (Lipinski definition) is 1. The lowest BCUT2D eigenvalue weighted by Crippen LogP contribution is -2.20. The minimum Gasteiger partial charge on any atom is -0.373 e. The molecule has 4 nitrogen and oxygen atoms in total. The van der Waals surface area contributed by atoms with Gasteiger partial charge in [-0.2, -0.15) is 0 Å². The Bertz CT molecular complexity index is 347. The number of aromatic nitrogens is 2. The Hall–Kier alpha value is -1.00. The monoisotopic (exact) mass is 249 g/mol. The highest BCUT2D eigenvalue weighted by Crippen LogP contribution is 2.34. The summed E-state index contributed by atoms with van der Waals surface area (Å²) in [5, 5.41) is 3.10. The van der Waals surface area contributed by atoms with E-state index < -0.39 is 0 Å². The normalized spacial score (nSPS) is 18.8. The topological polar surface area (TPSA) is 47.0 Å². The molecule has 1 unspecified atom stereocenters. The molecule has 0 radical (unpaired) electrons. The number of rotatable bonds is 5. The lowest BCUT2D eigenvalue weighted by Gasteiger charge is -2.28. The maximum atomic E-state index is 5.64. The maximum Gasteiger partial charge on any atom is 0.157 e. The van der Waals surface area contributed by atoms with E-state index in [2.05, 4.69) is 15.3 Å². The molecule has 1 N–H and O–H groups in total. The van der Waals surface area contributed by atoms with Crippen LogP contribution in [-0.4, -0.2) is 24.1 Å². The summed E-state index contributed by atoms with van der Waals surface area (Å²) in [6.07, 6.45) is 10.3. The highest BCUT2D eigenvalue weighted by molar-refractivity contribution is 5.06. The van der Waals surface area contributed by atoms with Gasteiger partial charge in [-0.1, -0.05) is 19.3 Å². The SMILES string of the molecule is CNCc1cnc(C(OC)C2CCCCC2)nc1. The summed E-state index contributed by atoms with van der Waals surface area (Å²) in [6.45, 7) is 0.807. The molecule has 1 aromatic heterocycles. The van der Waals surface area contributed by atoms with Crippen LogP contribution in [0.25, 0.3) is 0 Å². The van der Waals surface area contributed by atoms with Crippen LogP contribution < -0.4 is 5.32 Å². The molecule has 1 aliphatic rings. The zero-order valence-corrected chi connectivity index (χ0v) is 11.4. The molecule has 1 heterocycles. The summed E-state index contributed by atoms with van der Waals surface area (Å²) in [5.41, 5.74) is 1.11. The van der Waals surface area contributed by atoms with Crippen molar-refractivity contribution in [2.75, 3.05) is 14.2 Å². The van der Waals surface area contributed by atoms with E-state index in [1.165, 1.54) is 32.1 Å². The lowest BCUT2D eigenvalue weighted by molar-refractivity contribution is 0.0288. The molecule has 1 aromatic rings. The summed E-state index contributed by atoms with van der Waals surface area (Å²) in [5.74, 6) is 1.42. The van der Waals surface area contributed by atoms with Crippen molar-refractivity contribution in [2.45, 2.75) is 44.8 Å². The predicted octanol–water partition coefficient (Wildman–Crippen LogP) is 2.46. The minimum atomic E-state index is 0.0638. The zero-order valence-electron chi connectivity index (χ0n) is 11.4. The number of methoxy groups -OCH3 is 1. The maximum absolute atomic E-state index is 5.64. The summed E-state index contributed by atoms with van der Waals surface area (Å²) in [6, 6.07) is 0. The average Bonchev–Trinajstić information content (AvgIpc) is 2.43. The Morgan fingerprint density at radius 1 is 1.28 bits per heavy atom. The summed E-state index contributed by atoms with van der Waals surface area (Å²) < 4.78 is 5.64. The van der Waals surface area contributed by atoms with Crippen molar-refractivity contribution in [3.63, 3.8) is 0 Å². The fourth-order valence-corrected chi connectivity index (χ4v) is 2.75. The Balaban J connectivity index is 2.06. The van der Waals surface area contributed by atoms with Gasteiger partial charge in [-0.25, -0.2) is 9.97 Å². The molecule has 1 fully saturated rings. The first-order valence-corrected chi connectivity index (χ1v) is 6.83. The van der Waals surface area contributed by atoms with Crippen LogP contribution in [0.2, 0.25) is 0 Å². The molecular formula is C14H23N3O. The van der Waals surface area contributed by atoms with Crippen molar-refractivity contribution < 1.29 is 4.74 Å². The third-order valence-electron chi connectivity index (χ3n) is 3.69. The van der Waals surface area contributed by atoms with Gasteiger partial charge in [0.25, 0.3) is 0 Å². The van der Waals surface area contributed by atoms with Crippen molar-refractivity contribution in [2.24, 2.45) is 5.92 Å². The van der Waals surface area contributed by atoms with E-state index in [9.17, 15) is 0 Å². The van der Waals surface area contributed by atoms with Gasteiger partial charge in [0.15, 0.2) is 5.82 Å². The van der Waals surface area contributed by atoms with E-state index in [0.29, 0.717) is 5.92 Å². The Kier molecular flexibility index (Phi) is 5.08.